The van der Waals surface area contributed by atoms with E-state index in [2.05, 4.69) is 10.4 Å². The Kier molecular flexibility index (Phi) is 2.68. The van der Waals surface area contributed by atoms with Crippen molar-refractivity contribution in [3.05, 3.63) is 29.7 Å². The second kappa shape index (κ2) is 3.98. The highest BCUT2D eigenvalue weighted by Gasteiger charge is 2.09. The van der Waals surface area contributed by atoms with Crippen LogP contribution in [0.25, 0.3) is 10.9 Å². The van der Waals surface area contributed by atoms with Crippen LogP contribution in [0.4, 0.5) is 4.39 Å². The van der Waals surface area contributed by atoms with Crippen molar-refractivity contribution in [3.63, 3.8) is 0 Å². The normalized spacial score (nSPS) is 11.1. The van der Waals surface area contributed by atoms with Crippen LogP contribution in [-0.4, -0.2) is 16.8 Å². The van der Waals surface area contributed by atoms with Gasteiger partial charge < -0.3 is 5.32 Å². The average molecular weight is 207 g/mol. The number of nitrogens with zero attached hydrogens (tertiary/aromatic N) is 2. The number of nitrogens with one attached hydrogen (secondary N) is 1. The van der Waals surface area contributed by atoms with E-state index in [0.717, 1.165) is 29.7 Å². The molecule has 0 saturated heterocycles. The van der Waals surface area contributed by atoms with Gasteiger partial charge >= 0.3 is 0 Å². The van der Waals surface area contributed by atoms with E-state index in [1.54, 1.807) is 6.07 Å². The number of fused-ring (bicyclic) bond motifs is 1. The van der Waals surface area contributed by atoms with Crippen molar-refractivity contribution >= 4 is 10.9 Å². The van der Waals surface area contributed by atoms with Gasteiger partial charge in [0.15, 0.2) is 0 Å². The third-order valence-electron chi connectivity index (χ3n) is 2.45. The summed E-state index contributed by atoms with van der Waals surface area (Å²) in [6.45, 7) is 3.57. The lowest BCUT2D eigenvalue weighted by Crippen LogP contribution is -2.11. The standard InChI is InChI=1S/C11H14FN3/c1-3-15-11(7-13-2)9-5-4-8(12)6-10(9)14-15/h4-6,13H,3,7H2,1-2H3. The van der Waals surface area contributed by atoms with Gasteiger partial charge in [0.05, 0.1) is 11.2 Å². The minimum atomic E-state index is -0.237. The molecule has 0 unspecified atom stereocenters. The van der Waals surface area contributed by atoms with Gasteiger partial charge in [-0.05, 0) is 26.1 Å². The Morgan fingerprint density at radius 3 is 2.93 bits per heavy atom. The van der Waals surface area contributed by atoms with Crippen LogP contribution in [0.3, 0.4) is 0 Å². The van der Waals surface area contributed by atoms with E-state index in [9.17, 15) is 4.39 Å². The third-order valence-corrected chi connectivity index (χ3v) is 2.45. The zero-order valence-electron chi connectivity index (χ0n) is 8.92. The summed E-state index contributed by atoms with van der Waals surface area (Å²) in [5, 5.41) is 8.47. The van der Waals surface area contributed by atoms with Gasteiger partial charge in [0.25, 0.3) is 0 Å². The number of hydrogen-bond acceptors (Lipinski definition) is 2. The molecule has 0 radical (unpaired) electrons. The van der Waals surface area contributed by atoms with Gasteiger partial charge in [-0.25, -0.2) is 4.39 Å². The van der Waals surface area contributed by atoms with E-state index < -0.39 is 0 Å². The molecule has 1 aromatic carbocycles. The molecule has 2 aromatic rings. The molecular formula is C11H14FN3. The minimum absolute atomic E-state index is 0.237. The molecule has 0 saturated carbocycles. The first kappa shape index (κ1) is 10.1. The topological polar surface area (TPSA) is 29.9 Å². The van der Waals surface area contributed by atoms with Crippen molar-refractivity contribution in [2.24, 2.45) is 0 Å². The first-order valence-corrected chi connectivity index (χ1v) is 5.05. The van der Waals surface area contributed by atoms with Gasteiger partial charge in [0.1, 0.15) is 5.82 Å². The molecule has 0 spiro atoms. The molecule has 0 aliphatic heterocycles. The van der Waals surface area contributed by atoms with E-state index in [1.165, 1.54) is 12.1 Å². The first-order chi connectivity index (χ1) is 7.26. The van der Waals surface area contributed by atoms with Crippen LogP contribution in [0.1, 0.15) is 12.6 Å². The minimum Gasteiger partial charge on any atom is -0.314 e. The summed E-state index contributed by atoms with van der Waals surface area (Å²) < 4.78 is 14.9. The highest BCUT2D eigenvalue weighted by Crippen LogP contribution is 2.19. The summed E-state index contributed by atoms with van der Waals surface area (Å²) >= 11 is 0. The zero-order valence-corrected chi connectivity index (χ0v) is 8.92. The molecular weight excluding hydrogens is 193 g/mol. The molecule has 1 heterocycles. The molecule has 15 heavy (non-hydrogen) atoms. The van der Waals surface area contributed by atoms with Crippen LogP contribution in [0.5, 0.6) is 0 Å². The van der Waals surface area contributed by atoms with Gasteiger partial charge in [0.2, 0.25) is 0 Å². The SMILES string of the molecule is CCn1nc2cc(F)ccc2c1CNC. The van der Waals surface area contributed by atoms with Crippen molar-refractivity contribution in [2.75, 3.05) is 7.05 Å². The van der Waals surface area contributed by atoms with E-state index >= 15 is 0 Å². The molecule has 0 bridgehead atoms. The van der Waals surface area contributed by atoms with Gasteiger partial charge in [-0.15, -0.1) is 0 Å². The van der Waals surface area contributed by atoms with E-state index in [1.807, 2.05) is 18.7 Å². The van der Waals surface area contributed by atoms with Crippen LogP contribution < -0.4 is 5.32 Å². The molecule has 0 fully saturated rings. The molecule has 1 N–H and O–H groups in total. The van der Waals surface area contributed by atoms with Crippen molar-refractivity contribution in [1.29, 1.82) is 0 Å². The Labute approximate surface area is 87.9 Å². The fourth-order valence-electron chi connectivity index (χ4n) is 1.78. The quantitative estimate of drug-likeness (QED) is 0.833. The predicted molar refractivity (Wildman–Crippen MR) is 58.1 cm³/mol. The van der Waals surface area contributed by atoms with Gasteiger partial charge in [0, 0.05) is 24.5 Å². The fourth-order valence-corrected chi connectivity index (χ4v) is 1.78. The largest absolute Gasteiger partial charge is 0.314 e. The van der Waals surface area contributed by atoms with Crippen LogP contribution in [-0.2, 0) is 13.1 Å². The maximum atomic E-state index is 13.0. The third kappa shape index (κ3) is 1.72. The number of rotatable bonds is 3. The molecule has 0 atom stereocenters. The Hall–Kier alpha value is -1.42. The van der Waals surface area contributed by atoms with Crippen molar-refractivity contribution < 1.29 is 4.39 Å². The number of benzene rings is 1. The second-order valence-electron chi connectivity index (χ2n) is 3.45. The average Bonchev–Trinajstić information content (AvgIpc) is 2.56. The van der Waals surface area contributed by atoms with Gasteiger partial charge in [-0.3, -0.25) is 4.68 Å². The monoisotopic (exact) mass is 207 g/mol. The lowest BCUT2D eigenvalue weighted by molar-refractivity contribution is 0.608. The Morgan fingerprint density at radius 2 is 2.27 bits per heavy atom. The summed E-state index contributed by atoms with van der Waals surface area (Å²) in [6, 6.07) is 4.74. The summed E-state index contributed by atoms with van der Waals surface area (Å²) in [6.07, 6.45) is 0. The maximum absolute atomic E-state index is 13.0. The Balaban J connectivity index is 2.63. The molecule has 1 aromatic heterocycles. The molecule has 0 amide bonds. The van der Waals surface area contributed by atoms with Crippen molar-refractivity contribution in [3.8, 4) is 0 Å². The van der Waals surface area contributed by atoms with Crippen LogP contribution >= 0.6 is 0 Å². The summed E-state index contributed by atoms with van der Waals surface area (Å²) in [7, 11) is 1.89. The van der Waals surface area contributed by atoms with E-state index in [4.69, 9.17) is 0 Å². The van der Waals surface area contributed by atoms with Gasteiger partial charge in [-0.1, -0.05) is 0 Å². The molecule has 0 aliphatic carbocycles. The molecule has 80 valence electrons. The fraction of sp³-hybridized carbons (Fsp3) is 0.364. The Bertz CT molecular complexity index is 476. The van der Waals surface area contributed by atoms with Gasteiger partial charge in [-0.2, -0.15) is 5.10 Å². The summed E-state index contributed by atoms with van der Waals surface area (Å²) in [4.78, 5) is 0. The van der Waals surface area contributed by atoms with Crippen molar-refractivity contribution in [1.82, 2.24) is 15.1 Å². The predicted octanol–water partition coefficient (Wildman–Crippen LogP) is 1.91. The highest BCUT2D eigenvalue weighted by atomic mass is 19.1. The van der Waals surface area contributed by atoms with Crippen LogP contribution in [0, 0.1) is 5.82 Å². The lowest BCUT2D eigenvalue weighted by Gasteiger charge is -2.03. The van der Waals surface area contributed by atoms with Crippen LogP contribution in [0.2, 0.25) is 0 Å². The summed E-state index contributed by atoms with van der Waals surface area (Å²) in [5.74, 6) is -0.237. The molecule has 3 nitrogen and oxygen atoms in total. The van der Waals surface area contributed by atoms with E-state index in [0.29, 0.717) is 0 Å². The number of aromatic nitrogens is 2. The summed E-state index contributed by atoms with van der Waals surface area (Å²) in [5.41, 5.74) is 1.83. The number of aryl methyl sites for hydroxylation is 1. The molecule has 2 rings (SSSR count). The number of halogens is 1. The molecule has 4 heteroatoms. The smallest absolute Gasteiger partial charge is 0.125 e. The highest BCUT2D eigenvalue weighted by molar-refractivity contribution is 5.81. The lowest BCUT2D eigenvalue weighted by atomic mass is 10.2. The molecule has 0 aliphatic rings. The van der Waals surface area contributed by atoms with E-state index in [-0.39, 0.29) is 5.82 Å². The maximum Gasteiger partial charge on any atom is 0.125 e. The first-order valence-electron chi connectivity index (χ1n) is 5.05. The Morgan fingerprint density at radius 1 is 1.47 bits per heavy atom. The van der Waals surface area contributed by atoms with Crippen LogP contribution in [0.15, 0.2) is 18.2 Å². The number of hydrogen-bond donors (Lipinski definition) is 1. The van der Waals surface area contributed by atoms with Crippen molar-refractivity contribution in [2.45, 2.75) is 20.0 Å². The second-order valence-corrected chi connectivity index (χ2v) is 3.45. The zero-order chi connectivity index (χ0) is 10.8.